The van der Waals surface area contributed by atoms with Crippen molar-refractivity contribution in [3.05, 3.63) is 0 Å². The molecule has 2 heterocycles. The molecule has 4 aliphatic rings. The van der Waals surface area contributed by atoms with Gasteiger partial charge in [-0.15, -0.1) is 0 Å². The van der Waals surface area contributed by atoms with E-state index in [2.05, 4.69) is 16.0 Å². The molecule has 0 bridgehead atoms. The highest BCUT2D eigenvalue weighted by atomic mass is 16.2. The molecule has 0 radical (unpaired) electrons. The molecule has 0 aromatic carbocycles. The van der Waals surface area contributed by atoms with Gasteiger partial charge in [0.2, 0.25) is 29.4 Å². The van der Waals surface area contributed by atoms with Gasteiger partial charge in [0.05, 0.1) is 12.1 Å². The molecule has 45 heavy (non-hydrogen) atoms. The van der Waals surface area contributed by atoms with E-state index in [0.717, 1.165) is 44.9 Å². The van der Waals surface area contributed by atoms with Crippen molar-refractivity contribution in [2.24, 2.45) is 23.0 Å². The fourth-order valence-electron chi connectivity index (χ4n) is 6.75. The Kier molecular flexibility index (Phi) is 11.2. The summed E-state index contributed by atoms with van der Waals surface area (Å²) in [5.74, 6) is -3.19. The second-order valence-corrected chi connectivity index (χ2v) is 14.3. The van der Waals surface area contributed by atoms with Crippen LogP contribution in [0.3, 0.4) is 0 Å². The van der Waals surface area contributed by atoms with E-state index < -0.39 is 53.2 Å². The zero-order chi connectivity index (χ0) is 32.9. The fourth-order valence-corrected chi connectivity index (χ4v) is 6.75. The lowest BCUT2D eigenvalue weighted by Gasteiger charge is -2.38. The first-order chi connectivity index (χ1) is 21.3. The Bertz CT molecular complexity index is 1160. The maximum Gasteiger partial charge on any atom is 0.315 e. The van der Waals surface area contributed by atoms with Crippen LogP contribution in [0.15, 0.2) is 0 Å². The van der Waals surface area contributed by atoms with Crippen LogP contribution in [0.1, 0.15) is 104 Å². The summed E-state index contributed by atoms with van der Waals surface area (Å²) in [6, 6.07) is -3.89. The van der Waals surface area contributed by atoms with Gasteiger partial charge >= 0.3 is 6.03 Å². The number of carbonyl (C=O) groups is 7. The SMILES string of the molecule is CC(C)(C)[C@@H](CN1C(=O)CCCC1=O)NC(=O)N[C@H](C(=O)N1CCC[C@H]1C(=O)NC(CC1CC1)C(=O)C(N)=O)C1CCCCC1. The highest BCUT2D eigenvalue weighted by molar-refractivity contribution is 6.37. The van der Waals surface area contributed by atoms with Crippen LogP contribution in [0.5, 0.6) is 0 Å². The molecule has 13 nitrogen and oxygen atoms in total. The number of urea groups is 1. The topological polar surface area (TPSA) is 188 Å². The smallest absolute Gasteiger partial charge is 0.315 e. The molecular formula is C32H50N6O7. The fraction of sp³-hybridized carbons (Fsp3) is 0.781. The second kappa shape index (κ2) is 14.7. The summed E-state index contributed by atoms with van der Waals surface area (Å²) in [6.45, 7) is 6.09. The molecule has 250 valence electrons. The van der Waals surface area contributed by atoms with Gasteiger partial charge in [-0.2, -0.15) is 0 Å². The molecule has 2 saturated heterocycles. The zero-order valence-corrected chi connectivity index (χ0v) is 26.9. The number of likely N-dealkylation sites (tertiary alicyclic amines) is 2. The number of nitrogens with one attached hydrogen (secondary N) is 3. The number of nitrogens with zero attached hydrogens (tertiary/aromatic N) is 2. The normalized spacial score (nSPS) is 23.2. The molecule has 1 unspecified atom stereocenters. The Morgan fingerprint density at radius 1 is 0.844 bits per heavy atom. The molecule has 4 fully saturated rings. The van der Waals surface area contributed by atoms with Gasteiger partial charge in [-0.05, 0) is 55.8 Å². The van der Waals surface area contributed by atoms with Gasteiger partial charge in [-0.1, -0.05) is 52.9 Å². The number of amides is 7. The zero-order valence-electron chi connectivity index (χ0n) is 26.9. The molecule has 2 saturated carbocycles. The predicted octanol–water partition coefficient (Wildman–Crippen LogP) is 1.52. The maximum atomic E-state index is 14.2. The number of primary amides is 1. The van der Waals surface area contributed by atoms with Crippen LogP contribution in [-0.2, 0) is 28.8 Å². The molecule has 0 aromatic rings. The number of hydrogen-bond acceptors (Lipinski definition) is 7. The van der Waals surface area contributed by atoms with Crippen molar-refractivity contribution < 1.29 is 33.6 Å². The largest absolute Gasteiger partial charge is 0.363 e. The summed E-state index contributed by atoms with van der Waals surface area (Å²) >= 11 is 0. The number of hydrogen-bond donors (Lipinski definition) is 4. The van der Waals surface area contributed by atoms with E-state index in [1.54, 1.807) is 0 Å². The van der Waals surface area contributed by atoms with Crippen molar-refractivity contribution in [3.63, 3.8) is 0 Å². The van der Waals surface area contributed by atoms with Crippen molar-refractivity contribution in [2.45, 2.75) is 128 Å². The molecule has 0 spiro atoms. The van der Waals surface area contributed by atoms with Crippen LogP contribution in [0, 0.1) is 17.3 Å². The Morgan fingerprint density at radius 3 is 2.07 bits per heavy atom. The van der Waals surface area contributed by atoms with Gasteiger partial charge in [0, 0.05) is 25.9 Å². The van der Waals surface area contributed by atoms with E-state index in [-0.39, 0.29) is 48.9 Å². The van der Waals surface area contributed by atoms with Gasteiger partial charge in [0.15, 0.2) is 0 Å². The third-order valence-corrected chi connectivity index (χ3v) is 9.75. The molecule has 7 amide bonds. The summed E-state index contributed by atoms with van der Waals surface area (Å²) in [7, 11) is 0. The van der Waals surface area contributed by atoms with E-state index in [4.69, 9.17) is 5.73 Å². The van der Waals surface area contributed by atoms with Crippen molar-refractivity contribution in [2.75, 3.05) is 13.1 Å². The number of nitrogens with two attached hydrogens (primary N) is 1. The first-order valence-electron chi connectivity index (χ1n) is 16.6. The van der Waals surface area contributed by atoms with Crippen LogP contribution in [-0.4, -0.2) is 88.4 Å². The Labute approximate surface area is 265 Å². The standard InChI is InChI=1S/C32H50N6O7/c1-32(2,3)23(18-38-24(39)12-7-13-25(38)40)35-31(45)36-26(20-9-5-4-6-10-20)30(44)37-16-8-11-22(37)29(43)34-21(17-19-14-15-19)27(41)28(33)42/h19-23,26H,4-18H2,1-3H3,(H2,33,42)(H,34,43)(H2,35,36,45)/t21?,22-,23+,26-/m0/s1. The molecule has 13 heteroatoms. The summed E-state index contributed by atoms with van der Waals surface area (Å²) in [4.78, 5) is 93.0. The molecule has 4 atom stereocenters. The highest BCUT2D eigenvalue weighted by Gasteiger charge is 2.43. The first kappa shape index (κ1) is 34.4. The number of carbonyl (C=O) groups excluding carboxylic acids is 7. The van der Waals surface area contributed by atoms with Crippen LogP contribution in [0.2, 0.25) is 0 Å². The minimum absolute atomic E-state index is 0.0387. The number of Topliss-reactive ketones (excluding diaryl/α,β-unsaturated/α-hetero) is 1. The van der Waals surface area contributed by atoms with Crippen molar-refractivity contribution >= 4 is 41.4 Å². The van der Waals surface area contributed by atoms with Gasteiger partial charge in [0.1, 0.15) is 12.1 Å². The molecule has 0 aromatic heterocycles. The lowest BCUT2D eigenvalue weighted by atomic mass is 9.83. The van der Waals surface area contributed by atoms with E-state index in [1.165, 1.54) is 9.80 Å². The van der Waals surface area contributed by atoms with Crippen LogP contribution >= 0.6 is 0 Å². The molecule has 2 aliphatic carbocycles. The average molecular weight is 631 g/mol. The third-order valence-electron chi connectivity index (χ3n) is 9.75. The van der Waals surface area contributed by atoms with Gasteiger partial charge in [-0.25, -0.2) is 4.79 Å². The highest BCUT2D eigenvalue weighted by Crippen LogP contribution is 2.34. The number of rotatable bonds is 12. The second-order valence-electron chi connectivity index (χ2n) is 14.3. The average Bonchev–Trinajstić information content (AvgIpc) is 3.67. The first-order valence-corrected chi connectivity index (χ1v) is 16.6. The Balaban J connectivity index is 1.48. The molecule has 4 rings (SSSR count). The Hall–Kier alpha value is -3.51. The predicted molar refractivity (Wildman–Crippen MR) is 164 cm³/mol. The number of ketones is 1. The summed E-state index contributed by atoms with van der Waals surface area (Å²) < 4.78 is 0. The summed E-state index contributed by atoms with van der Waals surface area (Å²) in [5.41, 5.74) is 4.74. The van der Waals surface area contributed by atoms with Crippen LogP contribution < -0.4 is 21.7 Å². The maximum absolute atomic E-state index is 14.2. The van der Waals surface area contributed by atoms with Gasteiger partial charge < -0.3 is 26.6 Å². The number of piperidine rings is 1. The molecular weight excluding hydrogens is 580 g/mol. The lowest BCUT2D eigenvalue weighted by Crippen LogP contribution is -2.61. The van der Waals surface area contributed by atoms with E-state index >= 15 is 0 Å². The van der Waals surface area contributed by atoms with Crippen molar-refractivity contribution in [1.82, 2.24) is 25.8 Å². The Morgan fingerprint density at radius 2 is 1.49 bits per heavy atom. The lowest BCUT2D eigenvalue weighted by molar-refractivity contribution is -0.148. The summed E-state index contributed by atoms with van der Waals surface area (Å²) in [5, 5.41) is 8.56. The van der Waals surface area contributed by atoms with E-state index in [0.29, 0.717) is 32.2 Å². The molecule has 2 aliphatic heterocycles. The van der Waals surface area contributed by atoms with Crippen LogP contribution in [0.25, 0.3) is 0 Å². The van der Waals surface area contributed by atoms with E-state index in [9.17, 15) is 33.6 Å². The van der Waals surface area contributed by atoms with Gasteiger partial charge in [0.25, 0.3) is 5.91 Å². The minimum Gasteiger partial charge on any atom is -0.363 e. The third kappa shape index (κ3) is 9.03. The van der Waals surface area contributed by atoms with Crippen LogP contribution in [0.4, 0.5) is 4.79 Å². The monoisotopic (exact) mass is 630 g/mol. The van der Waals surface area contributed by atoms with Crippen molar-refractivity contribution in [1.29, 1.82) is 0 Å². The summed E-state index contributed by atoms with van der Waals surface area (Å²) in [6.07, 6.45) is 8.62. The van der Waals surface area contributed by atoms with E-state index in [1.807, 2.05) is 20.8 Å². The number of imide groups is 1. The quantitative estimate of drug-likeness (QED) is 0.186. The van der Waals surface area contributed by atoms with Crippen molar-refractivity contribution in [3.8, 4) is 0 Å². The minimum atomic E-state index is -1.10. The van der Waals surface area contributed by atoms with Gasteiger partial charge in [-0.3, -0.25) is 33.7 Å². The molecule has 5 N–H and O–H groups in total.